The van der Waals surface area contributed by atoms with Gasteiger partial charge in [0.05, 0.1) is 0 Å². The predicted molar refractivity (Wildman–Crippen MR) is 44.6 cm³/mol. The van der Waals surface area contributed by atoms with Gasteiger partial charge in [-0.1, -0.05) is 6.58 Å². The Hall–Kier alpha value is -0.690. The third kappa shape index (κ3) is 2.66. The van der Waals surface area contributed by atoms with Crippen LogP contribution in [0.1, 0.15) is 0 Å². The van der Waals surface area contributed by atoms with Gasteiger partial charge in [0.15, 0.2) is 0 Å². The summed E-state index contributed by atoms with van der Waals surface area (Å²) in [6.07, 6.45) is -5.06. The van der Waals surface area contributed by atoms with Crippen molar-refractivity contribution in [3.63, 3.8) is 0 Å². The van der Waals surface area contributed by atoms with E-state index in [1.807, 2.05) is 0 Å². The zero-order valence-corrected chi connectivity index (χ0v) is 7.87. The van der Waals surface area contributed by atoms with E-state index in [-0.39, 0.29) is 26.2 Å². The van der Waals surface area contributed by atoms with Gasteiger partial charge < -0.3 is 5.32 Å². The largest absolute Gasteiger partial charge is 0.419 e. The zero-order chi connectivity index (χ0) is 11.7. The Morgan fingerprint density at radius 3 is 1.93 bits per heavy atom. The molecule has 0 bridgehead atoms. The van der Waals surface area contributed by atoms with Gasteiger partial charge in [0, 0.05) is 26.2 Å². The molecule has 0 radical (unpaired) electrons. The number of rotatable bonds is 2. The molecular weight excluding hydrogens is 219 g/mol. The fourth-order valence-corrected chi connectivity index (χ4v) is 1.31. The van der Waals surface area contributed by atoms with Gasteiger partial charge in [-0.05, 0) is 0 Å². The van der Waals surface area contributed by atoms with E-state index in [0.717, 1.165) is 0 Å². The summed E-state index contributed by atoms with van der Waals surface area (Å²) in [6, 6.07) is -4.01. The van der Waals surface area contributed by atoms with Gasteiger partial charge in [0.2, 0.25) is 0 Å². The van der Waals surface area contributed by atoms with Crippen LogP contribution < -0.4 is 5.32 Å². The molecule has 0 amide bonds. The first-order chi connectivity index (χ1) is 6.76. The van der Waals surface area contributed by atoms with Gasteiger partial charge in [-0.15, -0.1) is 0 Å². The van der Waals surface area contributed by atoms with Crippen molar-refractivity contribution in [2.45, 2.75) is 12.2 Å². The second kappa shape index (κ2) is 4.05. The second-order valence-corrected chi connectivity index (χ2v) is 3.25. The molecule has 1 N–H and O–H groups in total. The molecule has 1 aliphatic rings. The van der Waals surface area contributed by atoms with E-state index >= 15 is 0 Å². The van der Waals surface area contributed by atoms with Crippen molar-refractivity contribution in [1.29, 1.82) is 0 Å². The van der Waals surface area contributed by atoms with E-state index in [1.54, 1.807) is 0 Å². The number of alkyl halides is 5. The molecule has 1 heterocycles. The number of nitrogens with one attached hydrogen (secondary N) is 1. The van der Waals surface area contributed by atoms with Crippen molar-refractivity contribution in [3.05, 3.63) is 12.2 Å². The van der Waals surface area contributed by atoms with E-state index in [2.05, 4.69) is 11.9 Å². The molecule has 0 unspecified atom stereocenters. The molecular formula is C8H11F5N2. The van der Waals surface area contributed by atoms with Crippen molar-refractivity contribution in [2.75, 3.05) is 26.2 Å². The molecule has 1 aliphatic heterocycles. The SMILES string of the molecule is C=C(C(F)(F)F)C(F)(F)N1CCNCC1. The third-order valence-electron chi connectivity index (χ3n) is 2.22. The van der Waals surface area contributed by atoms with E-state index in [9.17, 15) is 22.0 Å². The lowest BCUT2D eigenvalue weighted by Gasteiger charge is -2.35. The topological polar surface area (TPSA) is 15.3 Å². The summed E-state index contributed by atoms with van der Waals surface area (Å²) in [6.45, 7) is 2.69. The Bertz CT molecular complexity index is 242. The van der Waals surface area contributed by atoms with Gasteiger partial charge in [-0.3, -0.25) is 0 Å². The van der Waals surface area contributed by atoms with E-state index in [1.165, 1.54) is 0 Å². The molecule has 0 atom stereocenters. The van der Waals surface area contributed by atoms with Gasteiger partial charge in [-0.25, -0.2) is 4.90 Å². The quantitative estimate of drug-likeness (QED) is 0.440. The van der Waals surface area contributed by atoms with Gasteiger partial charge in [-0.2, -0.15) is 22.0 Å². The molecule has 7 heteroatoms. The lowest BCUT2D eigenvalue weighted by atomic mass is 10.2. The van der Waals surface area contributed by atoms with Crippen LogP contribution in [0.3, 0.4) is 0 Å². The molecule has 0 aromatic heterocycles. The Labute approximate surface area is 83.7 Å². The Balaban J connectivity index is 2.76. The van der Waals surface area contributed by atoms with Crippen LogP contribution in [0, 0.1) is 0 Å². The first-order valence-electron chi connectivity index (χ1n) is 4.36. The molecule has 0 saturated carbocycles. The van der Waals surface area contributed by atoms with Crippen LogP contribution >= 0.6 is 0 Å². The first kappa shape index (κ1) is 12.4. The normalized spacial score (nSPS) is 20.3. The average molecular weight is 230 g/mol. The minimum absolute atomic E-state index is 0.123. The summed E-state index contributed by atoms with van der Waals surface area (Å²) in [5.74, 6) is 0. The van der Waals surface area contributed by atoms with Gasteiger partial charge >= 0.3 is 12.2 Å². The predicted octanol–water partition coefficient (Wildman–Crippen LogP) is 1.60. The van der Waals surface area contributed by atoms with Crippen molar-refractivity contribution >= 4 is 0 Å². The molecule has 1 rings (SSSR count). The molecule has 2 nitrogen and oxygen atoms in total. The van der Waals surface area contributed by atoms with Crippen molar-refractivity contribution in [3.8, 4) is 0 Å². The molecule has 15 heavy (non-hydrogen) atoms. The molecule has 0 spiro atoms. The van der Waals surface area contributed by atoms with E-state index < -0.39 is 17.8 Å². The number of piperazine rings is 1. The summed E-state index contributed by atoms with van der Waals surface area (Å²) >= 11 is 0. The highest BCUT2D eigenvalue weighted by Crippen LogP contribution is 2.38. The maximum absolute atomic E-state index is 13.3. The Morgan fingerprint density at radius 2 is 1.53 bits per heavy atom. The molecule has 0 aliphatic carbocycles. The van der Waals surface area contributed by atoms with E-state index in [4.69, 9.17) is 0 Å². The fourth-order valence-electron chi connectivity index (χ4n) is 1.31. The third-order valence-corrected chi connectivity index (χ3v) is 2.22. The van der Waals surface area contributed by atoms with Crippen LogP contribution in [-0.2, 0) is 0 Å². The van der Waals surface area contributed by atoms with E-state index in [0.29, 0.717) is 4.90 Å². The fraction of sp³-hybridized carbons (Fsp3) is 0.750. The highest BCUT2D eigenvalue weighted by atomic mass is 19.4. The second-order valence-electron chi connectivity index (χ2n) is 3.25. The molecule has 0 aromatic carbocycles. The standard InChI is InChI=1S/C8H11F5N2/c1-6(7(9,10)11)8(12,13)15-4-2-14-3-5-15/h14H,1-5H2. The zero-order valence-electron chi connectivity index (χ0n) is 7.87. The van der Waals surface area contributed by atoms with Crippen LogP contribution in [-0.4, -0.2) is 43.3 Å². The summed E-state index contributed by atoms with van der Waals surface area (Å²) in [5, 5.41) is 2.78. The Kier molecular flexibility index (Phi) is 3.34. The van der Waals surface area contributed by atoms with Crippen LogP contribution in [0.5, 0.6) is 0 Å². The molecule has 1 fully saturated rings. The smallest absolute Gasteiger partial charge is 0.314 e. The van der Waals surface area contributed by atoms with Gasteiger partial charge in [0.1, 0.15) is 5.57 Å². The van der Waals surface area contributed by atoms with Crippen molar-refractivity contribution < 1.29 is 22.0 Å². The number of hydrogen-bond donors (Lipinski definition) is 1. The number of hydrogen-bond acceptors (Lipinski definition) is 2. The highest BCUT2D eigenvalue weighted by molar-refractivity contribution is 5.13. The van der Waals surface area contributed by atoms with Gasteiger partial charge in [0.25, 0.3) is 0 Å². The number of nitrogens with zero attached hydrogens (tertiary/aromatic N) is 1. The summed E-state index contributed by atoms with van der Waals surface area (Å²) in [4.78, 5) is 0.485. The van der Waals surface area contributed by atoms with Crippen LogP contribution in [0.2, 0.25) is 0 Å². The lowest BCUT2D eigenvalue weighted by molar-refractivity contribution is -0.181. The first-order valence-corrected chi connectivity index (χ1v) is 4.36. The van der Waals surface area contributed by atoms with Crippen molar-refractivity contribution in [1.82, 2.24) is 10.2 Å². The maximum Gasteiger partial charge on any atom is 0.419 e. The minimum Gasteiger partial charge on any atom is -0.314 e. The monoisotopic (exact) mass is 230 g/mol. The summed E-state index contributed by atoms with van der Waals surface area (Å²) < 4.78 is 62.8. The number of halogens is 5. The summed E-state index contributed by atoms with van der Waals surface area (Å²) in [7, 11) is 0. The van der Waals surface area contributed by atoms with Crippen LogP contribution in [0.15, 0.2) is 12.2 Å². The Morgan fingerprint density at radius 1 is 1.07 bits per heavy atom. The molecule has 88 valence electrons. The van der Waals surface area contributed by atoms with Crippen LogP contribution in [0.25, 0.3) is 0 Å². The minimum atomic E-state index is -5.06. The maximum atomic E-state index is 13.3. The highest BCUT2D eigenvalue weighted by Gasteiger charge is 2.52. The average Bonchev–Trinajstić information content (AvgIpc) is 2.16. The molecule has 1 saturated heterocycles. The van der Waals surface area contributed by atoms with Crippen molar-refractivity contribution in [2.24, 2.45) is 0 Å². The van der Waals surface area contributed by atoms with Crippen LogP contribution in [0.4, 0.5) is 22.0 Å². The molecule has 0 aromatic rings. The lowest BCUT2D eigenvalue weighted by Crippen LogP contribution is -2.54. The summed E-state index contributed by atoms with van der Waals surface area (Å²) in [5.41, 5.74) is -2.00.